The maximum atomic E-state index is 13.1. The monoisotopic (exact) mass is 187 g/mol. The molecule has 13 heavy (non-hydrogen) atoms. The van der Waals surface area contributed by atoms with E-state index < -0.39 is 6.36 Å². The summed E-state index contributed by atoms with van der Waals surface area (Å²) in [6, 6.07) is 0.363. The zero-order valence-electron chi connectivity index (χ0n) is 8.37. The molecule has 1 rings (SSSR count). The van der Waals surface area contributed by atoms with Gasteiger partial charge in [0.2, 0.25) is 6.36 Å². The first-order valence-electron chi connectivity index (χ1n) is 4.75. The predicted octanol–water partition coefficient (Wildman–Crippen LogP) is 1.82. The molecule has 0 unspecified atom stereocenters. The van der Waals surface area contributed by atoms with Gasteiger partial charge in [0.05, 0.1) is 13.2 Å². The summed E-state index contributed by atoms with van der Waals surface area (Å²) in [5.74, 6) is 0.253. The molecule has 0 spiro atoms. The number of rotatable bonds is 2. The molecule has 1 heterocycles. The molecule has 0 aliphatic carbocycles. The first-order chi connectivity index (χ1) is 6.13. The second-order valence-corrected chi connectivity index (χ2v) is 3.79. The molecule has 3 heteroatoms. The minimum atomic E-state index is -1.15. The van der Waals surface area contributed by atoms with Crippen LogP contribution in [0, 0.1) is 5.92 Å². The minimum absolute atomic E-state index is 0.253. The molecule has 1 fully saturated rings. The number of ether oxygens (including phenoxy) is 1. The fourth-order valence-electron chi connectivity index (χ4n) is 1.46. The quantitative estimate of drug-likeness (QED) is 0.611. The zero-order valence-corrected chi connectivity index (χ0v) is 8.37. The second-order valence-electron chi connectivity index (χ2n) is 3.79. The van der Waals surface area contributed by atoms with Crippen LogP contribution in [0.3, 0.4) is 0 Å². The van der Waals surface area contributed by atoms with Crippen molar-refractivity contribution >= 4 is 0 Å². The lowest BCUT2D eigenvalue weighted by molar-refractivity contribution is -0.0441. The highest BCUT2D eigenvalue weighted by Crippen LogP contribution is 2.14. The Morgan fingerprint density at radius 1 is 1.54 bits per heavy atom. The summed E-state index contributed by atoms with van der Waals surface area (Å²) in [5.41, 5.74) is 0. The highest BCUT2D eigenvalue weighted by Gasteiger charge is 2.23. The van der Waals surface area contributed by atoms with E-state index in [0.717, 1.165) is 6.54 Å². The molecule has 0 aromatic heterocycles. The molecular formula is C10H18FNO. The SMILES string of the molecule is C=C[C@H]1CO[C@@H](F)CN(C(C)C)C1. The molecule has 1 saturated heterocycles. The van der Waals surface area contributed by atoms with Gasteiger partial charge in [-0.3, -0.25) is 4.90 Å². The molecular weight excluding hydrogens is 169 g/mol. The van der Waals surface area contributed by atoms with Gasteiger partial charge in [-0.1, -0.05) is 6.08 Å². The van der Waals surface area contributed by atoms with Crippen LogP contribution in [0.5, 0.6) is 0 Å². The molecule has 0 bridgehead atoms. The van der Waals surface area contributed by atoms with Gasteiger partial charge in [-0.15, -0.1) is 6.58 Å². The Morgan fingerprint density at radius 3 is 2.77 bits per heavy atom. The van der Waals surface area contributed by atoms with Gasteiger partial charge in [-0.2, -0.15) is 0 Å². The maximum Gasteiger partial charge on any atom is 0.211 e. The van der Waals surface area contributed by atoms with E-state index in [4.69, 9.17) is 4.74 Å². The molecule has 1 aliphatic rings. The van der Waals surface area contributed by atoms with Crippen molar-refractivity contribution in [3.05, 3.63) is 12.7 Å². The number of nitrogens with zero attached hydrogens (tertiary/aromatic N) is 1. The number of hydrogen-bond donors (Lipinski definition) is 0. The van der Waals surface area contributed by atoms with Crippen molar-refractivity contribution in [2.45, 2.75) is 26.2 Å². The van der Waals surface area contributed by atoms with Gasteiger partial charge in [0, 0.05) is 18.5 Å². The highest BCUT2D eigenvalue weighted by molar-refractivity contribution is 4.84. The molecule has 0 saturated carbocycles. The third-order valence-corrected chi connectivity index (χ3v) is 2.40. The van der Waals surface area contributed by atoms with Crippen molar-refractivity contribution in [2.75, 3.05) is 19.7 Å². The second kappa shape index (κ2) is 4.72. The van der Waals surface area contributed by atoms with Crippen molar-refractivity contribution in [3.8, 4) is 0 Å². The van der Waals surface area contributed by atoms with Crippen LogP contribution >= 0.6 is 0 Å². The Labute approximate surface area is 79.4 Å². The van der Waals surface area contributed by atoms with Gasteiger partial charge in [0.1, 0.15) is 0 Å². The Morgan fingerprint density at radius 2 is 2.23 bits per heavy atom. The van der Waals surface area contributed by atoms with E-state index in [9.17, 15) is 4.39 Å². The fraction of sp³-hybridized carbons (Fsp3) is 0.800. The average molecular weight is 187 g/mol. The normalized spacial score (nSPS) is 31.7. The molecule has 76 valence electrons. The van der Waals surface area contributed by atoms with Crippen LogP contribution < -0.4 is 0 Å². The lowest BCUT2D eigenvalue weighted by atomic mass is 10.1. The van der Waals surface area contributed by atoms with Gasteiger partial charge in [0.25, 0.3) is 0 Å². The summed E-state index contributed by atoms with van der Waals surface area (Å²) < 4.78 is 18.1. The Bertz CT molecular complexity index is 172. The largest absolute Gasteiger partial charge is 0.346 e. The predicted molar refractivity (Wildman–Crippen MR) is 51.2 cm³/mol. The van der Waals surface area contributed by atoms with Crippen molar-refractivity contribution in [1.82, 2.24) is 4.90 Å². The lowest BCUT2D eigenvalue weighted by Crippen LogP contribution is -2.37. The van der Waals surface area contributed by atoms with Crippen LogP contribution in [-0.2, 0) is 4.74 Å². The lowest BCUT2D eigenvalue weighted by Gasteiger charge is -2.26. The van der Waals surface area contributed by atoms with E-state index in [0.29, 0.717) is 19.2 Å². The highest BCUT2D eigenvalue weighted by atomic mass is 19.1. The van der Waals surface area contributed by atoms with Crippen molar-refractivity contribution in [3.63, 3.8) is 0 Å². The third kappa shape index (κ3) is 3.08. The van der Waals surface area contributed by atoms with Crippen LogP contribution in [0.15, 0.2) is 12.7 Å². The molecule has 0 amide bonds. The zero-order chi connectivity index (χ0) is 9.84. The smallest absolute Gasteiger partial charge is 0.211 e. The summed E-state index contributed by atoms with van der Waals surface area (Å²) >= 11 is 0. The van der Waals surface area contributed by atoms with Gasteiger partial charge in [0.15, 0.2) is 0 Å². The van der Waals surface area contributed by atoms with E-state index >= 15 is 0 Å². The average Bonchev–Trinajstić information content (AvgIpc) is 2.27. The van der Waals surface area contributed by atoms with Crippen molar-refractivity contribution in [1.29, 1.82) is 0 Å². The first-order valence-corrected chi connectivity index (χ1v) is 4.75. The van der Waals surface area contributed by atoms with Crippen LogP contribution in [-0.4, -0.2) is 37.0 Å². The van der Waals surface area contributed by atoms with E-state index in [1.807, 2.05) is 6.08 Å². The third-order valence-electron chi connectivity index (χ3n) is 2.40. The maximum absolute atomic E-state index is 13.1. The van der Waals surface area contributed by atoms with E-state index in [1.54, 1.807) is 0 Å². The topological polar surface area (TPSA) is 12.5 Å². The number of halogens is 1. The Kier molecular flexibility index (Phi) is 3.88. The van der Waals surface area contributed by atoms with Crippen LogP contribution in [0.4, 0.5) is 4.39 Å². The van der Waals surface area contributed by atoms with Crippen LogP contribution in [0.25, 0.3) is 0 Å². The summed E-state index contributed by atoms with van der Waals surface area (Å²) in [4.78, 5) is 2.09. The Hall–Kier alpha value is -0.410. The molecule has 0 radical (unpaired) electrons. The van der Waals surface area contributed by atoms with Crippen LogP contribution in [0.2, 0.25) is 0 Å². The summed E-state index contributed by atoms with van der Waals surface area (Å²) in [6.07, 6.45) is 0.695. The minimum Gasteiger partial charge on any atom is -0.346 e. The number of alkyl halides is 1. The fourth-order valence-corrected chi connectivity index (χ4v) is 1.46. The molecule has 2 nitrogen and oxygen atoms in total. The molecule has 0 aromatic carbocycles. The van der Waals surface area contributed by atoms with Gasteiger partial charge in [-0.25, -0.2) is 4.39 Å². The van der Waals surface area contributed by atoms with E-state index in [-0.39, 0.29) is 5.92 Å². The summed E-state index contributed by atoms with van der Waals surface area (Å²) in [6.45, 7) is 9.53. The van der Waals surface area contributed by atoms with Gasteiger partial charge < -0.3 is 4.74 Å². The molecule has 0 N–H and O–H groups in total. The van der Waals surface area contributed by atoms with Gasteiger partial charge >= 0.3 is 0 Å². The summed E-state index contributed by atoms with van der Waals surface area (Å²) in [7, 11) is 0. The van der Waals surface area contributed by atoms with Crippen LogP contribution in [0.1, 0.15) is 13.8 Å². The first kappa shape index (κ1) is 10.7. The van der Waals surface area contributed by atoms with E-state index in [2.05, 4.69) is 25.3 Å². The molecule has 2 atom stereocenters. The standard InChI is InChI=1S/C10H18FNO/c1-4-9-5-12(8(2)3)6-10(11)13-7-9/h4,8-10H,1,5-7H2,2-3H3/t9-,10-/m1/s1. The Balaban J connectivity index is 2.57. The molecule has 1 aliphatic heterocycles. The van der Waals surface area contributed by atoms with Crippen molar-refractivity contribution < 1.29 is 9.13 Å². The van der Waals surface area contributed by atoms with Gasteiger partial charge in [-0.05, 0) is 13.8 Å². The van der Waals surface area contributed by atoms with E-state index in [1.165, 1.54) is 0 Å². The summed E-state index contributed by atoms with van der Waals surface area (Å²) in [5, 5.41) is 0. The van der Waals surface area contributed by atoms with Crippen molar-refractivity contribution in [2.24, 2.45) is 5.92 Å². The number of hydrogen-bond acceptors (Lipinski definition) is 2. The molecule has 0 aromatic rings.